The summed E-state index contributed by atoms with van der Waals surface area (Å²) >= 11 is 0. The summed E-state index contributed by atoms with van der Waals surface area (Å²) in [6, 6.07) is 14.6. The van der Waals surface area contributed by atoms with Crippen molar-refractivity contribution in [2.75, 3.05) is 31.1 Å². The van der Waals surface area contributed by atoms with E-state index in [0.29, 0.717) is 13.1 Å². The molecular weight excluding hydrogens is 291 g/mol. The molecule has 3 rings (SSSR count). The molecule has 2 aromatic rings. The van der Waals surface area contributed by atoms with E-state index >= 15 is 0 Å². The molecule has 0 N–H and O–H groups in total. The first-order chi connectivity index (χ1) is 11.1. The highest BCUT2D eigenvalue weighted by Gasteiger charge is 2.22. The van der Waals surface area contributed by atoms with Gasteiger partial charge in [-0.3, -0.25) is 4.79 Å². The highest BCUT2D eigenvalue weighted by atomic mass is 19.1. The lowest BCUT2D eigenvalue weighted by Crippen LogP contribution is -2.49. The monoisotopic (exact) mass is 312 g/mol. The number of hydrogen-bond donors (Lipinski definition) is 0. The summed E-state index contributed by atoms with van der Waals surface area (Å²) in [5.41, 5.74) is 3.23. The Morgan fingerprint density at radius 3 is 2.48 bits per heavy atom. The van der Waals surface area contributed by atoms with Crippen LogP contribution in [-0.4, -0.2) is 37.0 Å². The van der Waals surface area contributed by atoms with Gasteiger partial charge in [0.05, 0.1) is 6.42 Å². The van der Waals surface area contributed by atoms with Gasteiger partial charge in [0, 0.05) is 31.9 Å². The Hall–Kier alpha value is -2.36. The summed E-state index contributed by atoms with van der Waals surface area (Å²) in [4.78, 5) is 16.6. The van der Waals surface area contributed by atoms with Gasteiger partial charge < -0.3 is 9.80 Å². The molecule has 1 aliphatic heterocycles. The van der Waals surface area contributed by atoms with Gasteiger partial charge in [0.1, 0.15) is 5.82 Å². The molecule has 3 nitrogen and oxygen atoms in total. The van der Waals surface area contributed by atoms with Gasteiger partial charge in [-0.2, -0.15) is 0 Å². The number of anilines is 1. The second kappa shape index (κ2) is 6.82. The van der Waals surface area contributed by atoms with E-state index in [9.17, 15) is 9.18 Å². The van der Waals surface area contributed by atoms with Crippen molar-refractivity contribution in [1.29, 1.82) is 0 Å². The normalized spacial score (nSPS) is 14.9. The molecule has 0 radical (unpaired) electrons. The lowest BCUT2D eigenvalue weighted by atomic mass is 10.1. The zero-order valence-corrected chi connectivity index (χ0v) is 13.3. The van der Waals surface area contributed by atoms with Crippen LogP contribution in [0.5, 0.6) is 0 Å². The van der Waals surface area contributed by atoms with Gasteiger partial charge in [-0.15, -0.1) is 0 Å². The Labute approximate surface area is 136 Å². The number of amides is 1. The predicted molar refractivity (Wildman–Crippen MR) is 90.1 cm³/mol. The third kappa shape index (κ3) is 3.70. The summed E-state index contributed by atoms with van der Waals surface area (Å²) in [6.45, 7) is 5.20. The fraction of sp³-hybridized carbons (Fsp3) is 0.316. The van der Waals surface area contributed by atoms with E-state index in [2.05, 4.69) is 24.0 Å². The van der Waals surface area contributed by atoms with Crippen LogP contribution >= 0.6 is 0 Å². The minimum absolute atomic E-state index is 0.0695. The average molecular weight is 312 g/mol. The largest absolute Gasteiger partial charge is 0.368 e. The van der Waals surface area contributed by atoms with Crippen LogP contribution in [0.4, 0.5) is 10.1 Å². The van der Waals surface area contributed by atoms with Crippen molar-refractivity contribution in [3.05, 3.63) is 65.5 Å². The first-order valence-corrected chi connectivity index (χ1v) is 7.96. The number of aryl methyl sites for hydroxylation is 1. The number of rotatable bonds is 3. The zero-order chi connectivity index (χ0) is 16.2. The Morgan fingerprint density at radius 1 is 1.04 bits per heavy atom. The molecule has 2 aromatic carbocycles. The smallest absolute Gasteiger partial charge is 0.227 e. The second-order valence-corrected chi connectivity index (χ2v) is 5.96. The van der Waals surface area contributed by atoms with Crippen LogP contribution in [0.15, 0.2) is 48.5 Å². The molecule has 23 heavy (non-hydrogen) atoms. The fourth-order valence-electron chi connectivity index (χ4n) is 3.05. The van der Waals surface area contributed by atoms with Crippen LogP contribution in [0.3, 0.4) is 0 Å². The standard InChI is InChI=1S/C19H21FN2O/c1-15-5-2-3-8-18(15)21-9-11-22(12-10-21)19(23)14-16-6-4-7-17(20)13-16/h2-8,13H,9-12,14H2,1H3. The molecule has 1 aliphatic rings. The highest BCUT2D eigenvalue weighted by molar-refractivity contribution is 5.79. The Morgan fingerprint density at radius 2 is 1.78 bits per heavy atom. The van der Waals surface area contributed by atoms with Gasteiger partial charge in [0.2, 0.25) is 5.91 Å². The van der Waals surface area contributed by atoms with Crippen molar-refractivity contribution in [3.63, 3.8) is 0 Å². The first kappa shape index (κ1) is 15.5. The van der Waals surface area contributed by atoms with Gasteiger partial charge >= 0.3 is 0 Å². The number of nitrogens with zero attached hydrogens (tertiary/aromatic N) is 2. The lowest BCUT2D eigenvalue weighted by molar-refractivity contribution is -0.130. The summed E-state index contributed by atoms with van der Waals surface area (Å²) in [5, 5.41) is 0. The molecule has 0 aliphatic carbocycles. The highest BCUT2D eigenvalue weighted by Crippen LogP contribution is 2.21. The maximum absolute atomic E-state index is 13.2. The Bertz CT molecular complexity index is 693. The van der Waals surface area contributed by atoms with Gasteiger partial charge in [-0.25, -0.2) is 4.39 Å². The van der Waals surface area contributed by atoms with Gasteiger partial charge in [-0.05, 0) is 36.2 Å². The molecule has 1 saturated heterocycles. The number of carbonyl (C=O) groups excluding carboxylic acids is 1. The average Bonchev–Trinajstić information content (AvgIpc) is 2.55. The van der Waals surface area contributed by atoms with Crippen molar-refractivity contribution >= 4 is 11.6 Å². The van der Waals surface area contributed by atoms with E-state index in [0.717, 1.165) is 18.7 Å². The number of benzene rings is 2. The maximum Gasteiger partial charge on any atom is 0.227 e. The predicted octanol–water partition coefficient (Wildman–Crippen LogP) is 3.03. The lowest BCUT2D eigenvalue weighted by Gasteiger charge is -2.37. The molecule has 120 valence electrons. The van der Waals surface area contributed by atoms with Crippen LogP contribution in [0.1, 0.15) is 11.1 Å². The van der Waals surface area contributed by atoms with Gasteiger partial charge in [0.15, 0.2) is 0 Å². The first-order valence-electron chi connectivity index (χ1n) is 7.96. The van der Waals surface area contributed by atoms with E-state index in [1.165, 1.54) is 23.4 Å². The molecular formula is C19H21FN2O. The van der Waals surface area contributed by atoms with Crippen LogP contribution < -0.4 is 4.90 Å². The molecule has 0 spiro atoms. The van der Waals surface area contributed by atoms with Crippen molar-refractivity contribution in [2.45, 2.75) is 13.3 Å². The molecule has 1 heterocycles. The van der Waals surface area contributed by atoms with Crippen molar-refractivity contribution in [3.8, 4) is 0 Å². The SMILES string of the molecule is Cc1ccccc1N1CCN(C(=O)Cc2cccc(F)c2)CC1. The van der Waals surface area contributed by atoms with Crippen molar-refractivity contribution < 1.29 is 9.18 Å². The van der Waals surface area contributed by atoms with Crippen molar-refractivity contribution in [1.82, 2.24) is 4.90 Å². The van der Waals surface area contributed by atoms with E-state index in [1.807, 2.05) is 17.0 Å². The van der Waals surface area contributed by atoms with E-state index in [1.54, 1.807) is 12.1 Å². The molecule has 0 unspecified atom stereocenters. The van der Waals surface area contributed by atoms with E-state index < -0.39 is 0 Å². The third-order valence-corrected chi connectivity index (χ3v) is 4.33. The van der Waals surface area contributed by atoms with Crippen LogP contribution in [0.2, 0.25) is 0 Å². The van der Waals surface area contributed by atoms with E-state index in [-0.39, 0.29) is 18.1 Å². The summed E-state index contributed by atoms with van der Waals surface area (Å²) in [5.74, 6) is -0.222. The quantitative estimate of drug-likeness (QED) is 0.870. The van der Waals surface area contributed by atoms with Crippen LogP contribution in [-0.2, 0) is 11.2 Å². The fourth-order valence-corrected chi connectivity index (χ4v) is 3.05. The summed E-state index contributed by atoms with van der Waals surface area (Å²) in [7, 11) is 0. The molecule has 0 saturated carbocycles. The molecule has 1 amide bonds. The summed E-state index contributed by atoms with van der Waals surface area (Å²) < 4.78 is 13.2. The number of hydrogen-bond acceptors (Lipinski definition) is 2. The number of para-hydroxylation sites is 1. The number of halogens is 1. The topological polar surface area (TPSA) is 23.6 Å². The minimum atomic E-state index is -0.292. The molecule has 0 aromatic heterocycles. The molecule has 0 bridgehead atoms. The Kier molecular flexibility index (Phi) is 4.60. The minimum Gasteiger partial charge on any atom is -0.368 e. The molecule has 1 fully saturated rings. The zero-order valence-electron chi connectivity index (χ0n) is 13.3. The molecule has 4 heteroatoms. The van der Waals surface area contributed by atoms with Gasteiger partial charge in [-0.1, -0.05) is 30.3 Å². The number of carbonyl (C=O) groups is 1. The second-order valence-electron chi connectivity index (χ2n) is 5.96. The number of piperazine rings is 1. The van der Waals surface area contributed by atoms with Crippen LogP contribution in [0.25, 0.3) is 0 Å². The Balaban J connectivity index is 1.58. The summed E-state index contributed by atoms with van der Waals surface area (Å²) in [6.07, 6.45) is 0.266. The van der Waals surface area contributed by atoms with Gasteiger partial charge in [0.25, 0.3) is 0 Å². The van der Waals surface area contributed by atoms with E-state index in [4.69, 9.17) is 0 Å². The van der Waals surface area contributed by atoms with Crippen molar-refractivity contribution in [2.24, 2.45) is 0 Å². The molecule has 0 atom stereocenters. The van der Waals surface area contributed by atoms with Crippen LogP contribution in [0, 0.1) is 12.7 Å². The maximum atomic E-state index is 13.2. The third-order valence-electron chi connectivity index (χ3n) is 4.33.